The predicted molar refractivity (Wildman–Crippen MR) is 148 cm³/mol. The maximum absolute atomic E-state index is 10.2. The largest absolute Gasteiger partial charge is 0.508 e. The van der Waals surface area contributed by atoms with Crippen LogP contribution in [-0.4, -0.2) is 40.9 Å². The number of hydrogen-bond acceptors (Lipinski definition) is 5. The lowest BCUT2D eigenvalue weighted by atomic mass is 9.86. The van der Waals surface area contributed by atoms with Gasteiger partial charge in [-0.1, -0.05) is 37.6 Å². The Morgan fingerprint density at radius 3 is 2.57 bits per heavy atom. The normalized spacial score (nSPS) is 21.1. The van der Waals surface area contributed by atoms with Crippen LogP contribution in [0.1, 0.15) is 62.8 Å². The minimum atomic E-state index is -0.356. The standard InChI is InChI=1S/C32H37NO4/c1-21-7-4-5-16-33(19-21)22(2)20-36-28-13-10-24(11-14-28)32-31(25-8-6-9-26(34)17-25)23(3)29-18-27(35)12-15-30(29)37-32/h6,8-15,17-18,21-22,32,34-35H,4-5,7,16,19-20H2,1-3H3. The molecule has 3 aromatic carbocycles. The monoisotopic (exact) mass is 499 g/mol. The van der Waals surface area contributed by atoms with E-state index in [2.05, 4.69) is 30.9 Å². The van der Waals surface area contributed by atoms with E-state index in [0.29, 0.717) is 12.6 Å². The first-order valence-electron chi connectivity index (χ1n) is 13.4. The maximum atomic E-state index is 10.2. The van der Waals surface area contributed by atoms with Gasteiger partial charge in [-0.2, -0.15) is 0 Å². The van der Waals surface area contributed by atoms with E-state index >= 15 is 0 Å². The highest BCUT2D eigenvalue weighted by atomic mass is 16.5. The molecule has 2 aliphatic heterocycles. The first kappa shape index (κ1) is 25.2. The summed E-state index contributed by atoms with van der Waals surface area (Å²) in [5.41, 5.74) is 4.71. The molecule has 5 nitrogen and oxygen atoms in total. The highest BCUT2D eigenvalue weighted by Gasteiger charge is 2.30. The Bertz CT molecular complexity index is 1270. The van der Waals surface area contributed by atoms with E-state index in [1.165, 1.54) is 19.3 Å². The van der Waals surface area contributed by atoms with Crippen LogP contribution in [0, 0.1) is 5.92 Å². The SMILES string of the molecule is CC1=C(c2cccc(O)c2)C(c2ccc(OCC(C)N3CCCCC(C)C3)cc2)Oc2ccc(O)cc21. The maximum Gasteiger partial charge on any atom is 0.150 e. The Morgan fingerprint density at radius 2 is 1.78 bits per heavy atom. The molecule has 2 N–H and O–H groups in total. The van der Waals surface area contributed by atoms with E-state index in [9.17, 15) is 10.2 Å². The van der Waals surface area contributed by atoms with Crippen LogP contribution >= 0.6 is 0 Å². The summed E-state index contributed by atoms with van der Waals surface area (Å²) < 4.78 is 12.7. The number of rotatable bonds is 6. The van der Waals surface area contributed by atoms with Gasteiger partial charge in [0.1, 0.15) is 35.7 Å². The van der Waals surface area contributed by atoms with E-state index in [1.807, 2.05) is 37.3 Å². The Labute approximate surface area is 220 Å². The van der Waals surface area contributed by atoms with Gasteiger partial charge in [-0.15, -0.1) is 0 Å². The lowest BCUT2D eigenvalue weighted by Gasteiger charge is -2.31. The lowest BCUT2D eigenvalue weighted by molar-refractivity contribution is 0.138. The molecule has 5 heteroatoms. The number of aromatic hydroxyl groups is 2. The summed E-state index contributed by atoms with van der Waals surface area (Å²) in [5, 5.41) is 20.3. The molecule has 0 aliphatic carbocycles. The van der Waals surface area contributed by atoms with Crippen LogP contribution in [0.15, 0.2) is 66.7 Å². The summed E-state index contributed by atoms with van der Waals surface area (Å²) in [6.07, 6.45) is 3.55. The van der Waals surface area contributed by atoms with E-state index in [1.54, 1.807) is 24.3 Å². The van der Waals surface area contributed by atoms with Crippen molar-refractivity contribution in [2.75, 3.05) is 19.7 Å². The summed E-state index contributed by atoms with van der Waals surface area (Å²) in [7, 11) is 0. The fourth-order valence-electron chi connectivity index (χ4n) is 5.57. The van der Waals surface area contributed by atoms with Crippen LogP contribution < -0.4 is 9.47 Å². The second kappa shape index (κ2) is 10.9. The van der Waals surface area contributed by atoms with Crippen molar-refractivity contribution < 1.29 is 19.7 Å². The molecule has 0 saturated carbocycles. The molecular formula is C32H37NO4. The molecule has 2 heterocycles. The molecule has 3 unspecified atom stereocenters. The van der Waals surface area contributed by atoms with Crippen molar-refractivity contribution in [1.82, 2.24) is 4.90 Å². The second-order valence-corrected chi connectivity index (χ2v) is 10.6. The van der Waals surface area contributed by atoms with Crippen molar-refractivity contribution in [1.29, 1.82) is 0 Å². The molecule has 194 valence electrons. The number of likely N-dealkylation sites (tertiary alicyclic amines) is 1. The molecule has 37 heavy (non-hydrogen) atoms. The van der Waals surface area contributed by atoms with Crippen molar-refractivity contribution in [2.24, 2.45) is 5.92 Å². The molecule has 0 bridgehead atoms. The van der Waals surface area contributed by atoms with Crippen LogP contribution in [0.2, 0.25) is 0 Å². The zero-order valence-electron chi connectivity index (χ0n) is 22.0. The minimum absolute atomic E-state index is 0.195. The molecule has 2 aliphatic rings. The molecule has 1 fully saturated rings. The third kappa shape index (κ3) is 5.62. The van der Waals surface area contributed by atoms with Crippen molar-refractivity contribution >= 4 is 11.1 Å². The highest BCUT2D eigenvalue weighted by molar-refractivity contribution is 5.95. The molecule has 0 amide bonds. The van der Waals surface area contributed by atoms with Gasteiger partial charge in [-0.05, 0) is 98.3 Å². The van der Waals surface area contributed by atoms with Crippen LogP contribution in [0.25, 0.3) is 11.1 Å². The Hall–Kier alpha value is -3.44. The molecule has 5 rings (SSSR count). The van der Waals surface area contributed by atoms with Gasteiger partial charge in [0.05, 0.1) is 0 Å². The van der Waals surface area contributed by atoms with E-state index < -0.39 is 0 Å². The molecule has 3 atom stereocenters. The van der Waals surface area contributed by atoms with Crippen LogP contribution in [0.4, 0.5) is 0 Å². The number of ether oxygens (including phenoxy) is 2. The van der Waals surface area contributed by atoms with Crippen molar-refractivity contribution in [2.45, 2.75) is 52.2 Å². The summed E-state index contributed by atoms with van der Waals surface area (Å²) in [5.74, 6) is 2.71. The second-order valence-electron chi connectivity index (χ2n) is 10.6. The van der Waals surface area contributed by atoms with Crippen molar-refractivity contribution in [3.63, 3.8) is 0 Å². The summed E-state index contributed by atoms with van der Waals surface area (Å²) in [4.78, 5) is 2.56. The Balaban J connectivity index is 1.37. The van der Waals surface area contributed by atoms with E-state index in [4.69, 9.17) is 9.47 Å². The number of benzene rings is 3. The molecule has 0 aromatic heterocycles. The summed E-state index contributed by atoms with van der Waals surface area (Å²) in [6.45, 7) is 9.60. The quantitative estimate of drug-likeness (QED) is 0.380. The van der Waals surface area contributed by atoms with Gasteiger partial charge in [0.2, 0.25) is 0 Å². The minimum Gasteiger partial charge on any atom is -0.508 e. The van der Waals surface area contributed by atoms with Crippen LogP contribution in [0.3, 0.4) is 0 Å². The van der Waals surface area contributed by atoms with Gasteiger partial charge in [-0.3, -0.25) is 4.90 Å². The topological polar surface area (TPSA) is 62.2 Å². The van der Waals surface area contributed by atoms with Crippen LogP contribution in [0.5, 0.6) is 23.0 Å². The fraction of sp³-hybridized carbons (Fsp3) is 0.375. The van der Waals surface area contributed by atoms with Gasteiger partial charge >= 0.3 is 0 Å². The molecular weight excluding hydrogens is 462 g/mol. The fourth-order valence-corrected chi connectivity index (χ4v) is 5.57. The number of fused-ring (bicyclic) bond motifs is 1. The van der Waals surface area contributed by atoms with Gasteiger partial charge in [0.25, 0.3) is 0 Å². The van der Waals surface area contributed by atoms with Gasteiger partial charge in [0.15, 0.2) is 0 Å². The summed E-state index contributed by atoms with van der Waals surface area (Å²) >= 11 is 0. The number of nitrogens with zero attached hydrogens (tertiary/aromatic N) is 1. The first-order chi connectivity index (χ1) is 17.9. The number of phenols is 2. The molecule has 1 saturated heterocycles. The Morgan fingerprint density at radius 1 is 1.00 bits per heavy atom. The smallest absolute Gasteiger partial charge is 0.150 e. The zero-order valence-corrected chi connectivity index (χ0v) is 22.0. The van der Waals surface area contributed by atoms with Gasteiger partial charge in [-0.25, -0.2) is 0 Å². The van der Waals surface area contributed by atoms with Gasteiger partial charge < -0.3 is 19.7 Å². The summed E-state index contributed by atoms with van der Waals surface area (Å²) in [6, 6.07) is 20.9. The number of allylic oxidation sites excluding steroid dienone is 1. The number of hydrogen-bond donors (Lipinski definition) is 2. The average Bonchev–Trinajstić information content (AvgIpc) is 3.12. The highest BCUT2D eigenvalue weighted by Crippen LogP contribution is 2.47. The van der Waals surface area contributed by atoms with E-state index in [-0.39, 0.29) is 17.6 Å². The predicted octanol–water partition coefficient (Wildman–Crippen LogP) is 7.05. The van der Waals surface area contributed by atoms with Gasteiger partial charge in [0, 0.05) is 23.7 Å². The number of phenolic OH excluding ortho intramolecular Hbond substituents is 2. The molecule has 0 radical (unpaired) electrons. The van der Waals surface area contributed by atoms with Crippen molar-refractivity contribution in [3.8, 4) is 23.0 Å². The van der Waals surface area contributed by atoms with Crippen LogP contribution in [-0.2, 0) is 0 Å². The Kier molecular flexibility index (Phi) is 7.43. The third-order valence-corrected chi connectivity index (χ3v) is 7.67. The zero-order chi connectivity index (χ0) is 25.9. The van der Waals surface area contributed by atoms with Crippen molar-refractivity contribution in [3.05, 3.63) is 83.4 Å². The van der Waals surface area contributed by atoms with E-state index in [0.717, 1.165) is 58.3 Å². The molecule has 3 aromatic rings. The first-order valence-corrected chi connectivity index (χ1v) is 13.4. The lowest BCUT2D eigenvalue weighted by Crippen LogP contribution is -2.39. The molecule has 0 spiro atoms. The average molecular weight is 500 g/mol. The third-order valence-electron chi connectivity index (χ3n) is 7.67.